The standard InChI is InChI=1S/C20H18ClF2N3/c21-15-5-3-13(4-6-15)19-11-20(25-24-19)26-9-1-2-14(12-26)17-8-7-16(22)10-18(17)23/h3-8,10-11,14H,1-2,9,12H2,(H,24,25). The second-order valence-corrected chi connectivity index (χ2v) is 7.03. The van der Waals surface area contributed by atoms with Crippen LogP contribution in [0.5, 0.6) is 0 Å². The van der Waals surface area contributed by atoms with E-state index in [4.69, 9.17) is 11.6 Å². The molecule has 1 atom stereocenters. The summed E-state index contributed by atoms with van der Waals surface area (Å²) in [6.07, 6.45) is 1.82. The second-order valence-electron chi connectivity index (χ2n) is 6.60. The average Bonchev–Trinajstić information content (AvgIpc) is 3.13. The van der Waals surface area contributed by atoms with E-state index in [9.17, 15) is 8.78 Å². The molecule has 0 amide bonds. The van der Waals surface area contributed by atoms with Crippen LogP contribution in [0.1, 0.15) is 24.3 Å². The van der Waals surface area contributed by atoms with Gasteiger partial charge in [0.05, 0.1) is 5.69 Å². The van der Waals surface area contributed by atoms with Crippen molar-refractivity contribution in [3.8, 4) is 11.3 Å². The molecule has 0 spiro atoms. The Bertz CT molecular complexity index is 908. The molecule has 134 valence electrons. The van der Waals surface area contributed by atoms with Crippen LogP contribution in [0.2, 0.25) is 5.02 Å². The van der Waals surface area contributed by atoms with Crippen LogP contribution in [0.25, 0.3) is 11.3 Å². The molecule has 3 nitrogen and oxygen atoms in total. The fourth-order valence-corrected chi connectivity index (χ4v) is 3.65. The smallest absolute Gasteiger partial charge is 0.151 e. The van der Waals surface area contributed by atoms with E-state index in [1.807, 2.05) is 30.3 Å². The lowest BCUT2D eigenvalue weighted by Crippen LogP contribution is -2.34. The van der Waals surface area contributed by atoms with E-state index in [-0.39, 0.29) is 5.92 Å². The highest BCUT2D eigenvalue weighted by Gasteiger charge is 2.25. The fraction of sp³-hybridized carbons (Fsp3) is 0.250. The van der Waals surface area contributed by atoms with Crippen LogP contribution in [0, 0.1) is 11.6 Å². The van der Waals surface area contributed by atoms with Crippen molar-refractivity contribution in [2.45, 2.75) is 18.8 Å². The molecule has 1 aliphatic rings. The molecule has 1 saturated heterocycles. The molecular formula is C20H18ClF2N3. The minimum atomic E-state index is -0.543. The number of nitrogens with zero attached hydrogens (tertiary/aromatic N) is 2. The number of piperidine rings is 1. The van der Waals surface area contributed by atoms with Crippen molar-refractivity contribution >= 4 is 17.4 Å². The number of H-pyrrole nitrogens is 1. The summed E-state index contributed by atoms with van der Waals surface area (Å²) in [5.41, 5.74) is 2.49. The Kier molecular flexibility index (Phi) is 4.64. The maximum absolute atomic E-state index is 14.1. The molecule has 1 aliphatic heterocycles. The molecule has 3 aromatic rings. The van der Waals surface area contributed by atoms with Crippen LogP contribution in [-0.2, 0) is 0 Å². The number of halogens is 3. The topological polar surface area (TPSA) is 31.9 Å². The zero-order valence-corrected chi connectivity index (χ0v) is 14.8. The van der Waals surface area contributed by atoms with Gasteiger partial charge in [-0.3, -0.25) is 5.10 Å². The number of benzene rings is 2. The number of rotatable bonds is 3. The molecule has 26 heavy (non-hydrogen) atoms. The van der Waals surface area contributed by atoms with E-state index in [1.54, 1.807) is 6.07 Å². The Balaban J connectivity index is 1.54. The normalized spacial score (nSPS) is 17.5. The van der Waals surface area contributed by atoms with E-state index < -0.39 is 11.6 Å². The lowest BCUT2D eigenvalue weighted by Gasteiger charge is -2.33. The van der Waals surface area contributed by atoms with Crippen molar-refractivity contribution in [1.29, 1.82) is 0 Å². The summed E-state index contributed by atoms with van der Waals surface area (Å²) in [7, 11) is 0. The summed E-state index contributed by atoms with van der Waals surface area (Å²) >= 11 is 5.93. The Labute approximate surface area is 155 Å². The van der Waals surface area contributed by atoms with Crippen molar-refractivity contribution in [3.05, 3.63) is 70.8 Å². The Morgan fingerprint density at radius 3 is 2.65 bits per heavy atom. The van der Waals surface area contributed by atoms with Crippen molar-refractivity contribution in [1.82, 2.24) is 10.2 Å². The number of hydrogen-bond acceptors (Lipinski definition) is 2. The first-order valence-corrected chi connectivity index (χ1v) is 8.99. The van der Waals surface area contributed by atoms with Gasteiger partial charge < -0.3 is 4.90 Å². The van der Waals surface area contributed by atoms with E-state index in [0.29, 0.717) is 17.1 Å². The molecule has 1 fully saturated rings. The van der Waals surface area contributed by atoms with Gasteiger partial charge in [-0.05, 0) is 42.2 Å². The van der Waals surface area contributed by atoms with Gasteiger partial charge in [0.25, 0.3) is 0 Å². The molecule has 4 rings (SSSR count). The zero-order valence-electron chi connectivity index (χ0n) is 14.1. The maximum atomic E-state index is 14.1. The fourth-order valence-electron chi connectivity index (χ4n) is 3.52. The molecule has 2 heterocycles. The first-order valence-electron chi connectivity index (χ1n) is 8.61. The SMILES string of the molecule is Fc1ccc(C2CCCN(c3cc(-c4ccc(Cl)cc4)[nH]n3)C2)c(F)c1. The second kappa shape index (κ2) is 7.08. The third-order valence-corrected chi connectivity index (χ3v) is 5.12. The minimum Gasteiger partial charge on any atom is -0.355 e. The van der Waals surface area contributed by atoms with Gasteiger partial charge in [-0.2, -0.15) is 5.10 Å². The molecule has 2 aromatic carbocycles. The van der Waals surface area contributed by atoms with Gasteiger partial charge in [0.15, 0.2) is 5.82 Å². The van der Waals surface area contributed by atoms with E-state index in [2.05, 4.69) is 15.1 Å². The molecule has 0 aliphatic carbocycles. The van der Waals surface area contributed by atoms with Crippen LogP contribution < -0.4 is 4.90 Å². The van der Waals surface area contributed by atoms with Crippen LogP contribution in [0.3, 0.4) is 0 Å². The first-order chi connectivity index (χ1) is 12.6. The molecule has 1 N–H and O–H groups in total. The highest BCUT2D eigenvalue weighted by molar-refractivity contribution is 6.30. The van der Waals surface area contributed by atoms with Gasteiger partial charge in [0, 0.05) is 36.2 Å². The number of nitrogens with one attached hydrogen (secondary N) is 1. The predicted octanol–water partition coefficient (Wildman–Crippen LogP) is 5.39. The first kappa shape index (κ1) is 17.0. The molecule has 0 saturated carbocycles. The number of anilines is 1. The molecule has 0 bridgehead atoms. The lowest BCUT2D eigenvalue weighted by molar-refractivity contribution is 0.480. The number of hydrogen-bond donors (Lipinski definition) is 1. The van der Waals surface area contributed by atoms with Crippen molar-refractivity contribution in [3.63, 3.8) is 0 Å². The summed E-state index contributed by atoms with van der Waals surface area (Å²) in [5, 5.41) is 8.16. The van der Waals surface area contributed by atoms with Crippen LogP contribution >= 0.6 is 11.6 Å². The highest BCUT2D eigenvalue weighted by atomic mass is 35.5. The Morgan fingerprint density at radius 2 is 1.88 bits per heavy atom. The zero-order chi connectivity index (χ0) is 18.1. The van der Waals surface area contributed by atoms with E-state index in [0.717, 1.165) is 42.5 Å². The van der Waals surface area contributed by atoms with E-state index in [1.165, 1.54) is 6.07 Å². The quantitative estimate of drug-likeness (QED) is 0.667. The third kappa shape index (κ3) is 3.44. The number of aromatic amines is 1. The largest absolute Gasteiger partial charge is 0.355 e. The summed E-state index contributed by atoms with van der Waals surface area (Å²) in [4.78, 5) is 2.15. The van der Waals surface area contributed by atoms with Crippen LogP contribution in [0.15, 0.2) is 48.5 Å². The average molecular weight is 374 g/mol. The van der Waals surface area contributed by atoms with E-state index >= 15 is 0 Å². The van der Waals surface area contributed by atoms with Gasteiger partial charge >= 0.3 is 0 Å². The molecule has 0 radical (unpaired) electrons. The van der Waals surface area contributed by atoms with Crippen molar-refractivity contribution in [2.24, 2.45) is 0 Å². The van der Waals surface area contributed by atoms with Crippen molar-refractivity contribution in [2.75, 3.05) is 18.0 Å². The van der Waals surface area contributed by atoms with Crippen LogP contribution in [-0.4, -0.2) is 23.3 Å². The molecule has 1 unspecified atom stereocenters. The summed E-state index contributed by atoms with van der Waals surface area (Å²) in [6.45, 7) is 1.53. The Hall–Kier alpha value is -2.40. The Morgan fingerprint density at radius 1 is 1.08 bits per heavy atom. The third-order valence-electron chi connectivity index (χ3n) is 4.87. The summed E-state index contributed by atoms with van der Waals surface area (Å²) in [5.74, 6) is -0.151. The van der Waals surface area contributed by atoms with Gasteiger partial charge in [0.1, 0.15) is 11.6 Å². The maximum Gasteiger partial charge on any atom is 0.151 e. The molecule has 1 aromatic heterocycles. The van der Waals surface area contributed by atoms with Crippen LogP contribution in [0.4, 0.5) is 14.6 Å². The highest BCUT2D eigenvalue weighted by Crippen LogP contribution is 2.32. The van der Waals surface area contributed by atoms with Crippen molar-refractivity contribution < 1.29 is 8.78 Å². The van der Waals surface area contributed by atoms with Gasteiger partial charge in [-0.25, -0.2) is 8.78 Å². The van der Waals surface area contributed by atoms with Gasteiger partial charge in [-0.15, -0.1) is 0 Å². The number of aromatic nitrogens is 2. The summed E-state index contributed by atoms with van der Waals surface area (Å²) < 4.78 is 27.3. The monoisotopic (exact) mass is 373 g/mol. The van der Waals surface area contributed by atoms with Gasteiger partial charge in [-0.1, -0.05) is 29.8 Å². The predicted molar refractivity (Wildman–Crippen MR) is 99.6 cm³/mol. The molecule has 6 heteroatoms. The molecular weight excluding hydrogens is 356 g/mol. The summed E-state index contributed by atoms with van der Waals surface area (Å²) in [6, 6.07) is 13.4. The lowest BCUT2D eigenvalue weighted by atomic mass is 9.90. The minimum absolute atomic E-state index is 0.0278. The van der Waals surface area contributed by atoms with Gasteiger partial charge in [0.2, 0.25) is 0 Å².